The summed E-state index contributed by atoms with van der Waals surface area (Å²) in [5.74, 6) is -2.07. The van der Waals surface area contributed by atoms with Gasteiger partial charge in [-0.05, 0) is 52.6 Å². The van der Waals surface area contributed by atoms with Crippen molar-refractivity contribution >= 4 is 33.6 Å². The molecule has 2 fully saturated rings. The molecule has 2 aliphatic rings. The maximum absolute atomic E-state index is 14.7. The molecule has 13 heteroatoms. The number of rotatable bonds is 7. The van der Waals surface area contributed by atoms with E-state index in [1.807, 2.05) is 0 Å². The number of nitrogens with one attached hydrogen (secondary N) is 1. The van der Waals surface area contributed by atoms with Crippen LogP contribution in [-0.4, -0.2) is 58.3 Å². The first-order valence-corrected chi connectivity index (χ1v) is 15.5. The highest BCUT2D eigenvalue weighted by Crippen LogP contribution is 2.49. The molecule has 254 valence electrons. The Morgan fingerprint density at radius 2 is 1.52 bits per heavy atom. The molecule has 1 saturated carbocycles. The smallest absolute Gasteiger partial charge is 0.417 e. The van der Waals surface area contributed by atoms with Crippen molar-refractivity contribution in [2.45, 2.75) is 44.6 Å². The fraction of sp³-hybridized carbons (Fsp3) is 0.400. The van der Waals surface area contributed by atoms with E-state index in [-0.39, 0.29) is 47.8 Å². The number of hydrogen-bond acceptors (Lipinski definition) is 4. The lowest BCUT2D eigenvalue weighted by Crippen LogP contribution is -2.48. The largest absolute Gasteiger partial charge is 0.480 e. The van der Waals surface area contributed by atoms with Crippen LogP contribution >= 0.6 is 0 Å². The Kier molecular flexibility index (Phi) is 8.33. The Labute approximate surface area is 271 Å². The average molecular weight is 674 g/mol. The van der Waals surface area contributed by atoms with Crippen molar-refractivity contribution in [1.82, 2.24) is 14.8 Å². The van der Waals surface area contributed by atoms with Crippen LogP contribution in [0.5, 0.6) is 0 Å². The summed E-state index contributed by atoms with van der Waals surface area (Å²) in [7, 11) is 1.40. The second kappa shape index (κ2) is 11.9. The zero-order valence-corrected chi connectivity index (χ0v) is 26.1. The van der Waals surface area contributed by atoms with Crippen LogP contribution in [0.15, 0.2) is 65.5 Å². The minimum Gasteiger partial charge on any atom is -0.480 e. The highest BCUT2D eigenvalue weighted by molar-refractivity contribution is 6.02. The molecular formula is C35H33F6N3O4. The molecular weight excluding hydrogens is 640 g/mol. The third-order valence-corrected chi connectivity index (χ3v) is 9.92. The highest BCUT2D eigenvalue weighted by Gasteiger charge is 2.52. The molecule has 48 heavy (non-hydrogen) atoms. The minimum atomic E-state index is -4.87. The van der Waals surface area contributed by atoms with E-state index in [0.717, 1.165) is 0 Å². The summed E-state index contributed by atoms with van der Waals surface area (Å²) in [6.45, 7) is 1.11. The van der Waals surface area contributed by atoms with Gasteiger partial charge in [-0.2, -0.15) is 26.3 Å². The van der Waals surface area contributed by atoms with Crippen LogP contribution in [0.2, 0.25) is 0 Å². The van der Waals surface area contributed by atoms with Gasteiger partial charge in [-0.3, -0.25) is 14.5 Å². The lowest BCUT2D eigenvalue weighted by atomic mass is 9.85. The summed E-state index contributed by atoms with van der Waals surface area (Å²) in [6.07, 6.45) is -8.74. The third kappa shape index (κ3) is 6.15. The first-order valence-electron chi connectivity index (χ1n) is 15.5. The van der Waals surface area contributed by atoms with Gasteiger partial charge in [-0.15, -0.1) is 0 Å². The number of halogens is 6. The van der Waals surface area contributed by atoms with E-state index in [1.54, 1.807) is 37.3 Å². The number of carbonyl (C=O) groups excluding carboxylic acids is 1. The lowest BCUT2D eigenvalue weighted by molar-refractivity contribution is -0.145. The second-order valence-electron chi connectivity index (χ2n) is 13.3. The second-order valence-corrected chi connectivity index (χ2v) is 13.3. The van der Waals surface area contributed by atoms with Gasteiger partial charge in [0.05, 0.1) is 23.2 Å². The van der Waals surface area contributed by atoms with Gasteiger partial charge in [0.15, 0.2) is 0 Å². The molecule has 1 aliphatic heterocycles. The van der Waals surface area contributed by atoms with Gasteiger partial charge in [0, 0.05) is 37.4 Å². The molecule has 2 heterocycles. The number of aryl methyl sites for hydroxylation is 1. The molecule has 3 aromatic carbocycles. The molecule has 1 aromatic heterocycles. The number of aromatic nitrogens is 1. The van der Waals surface area contributed by atoms with E-state index >= 15 is 0 Å². The van der Waals surface area contributed by atoms with Gasteiger partial charge >= 0.3 is 18.3 Å². The number of pyridine rings is 1. The van der Waals surface area contributed by atoms with E-state index in [4.69, 9.17) is 0 Å². The van der Waals surface area contributed by atoms with Crippen molar-refractivity contribution in [1.29, 1.82) is 0 Å². The molecule has 4 atom stereocenters. The number of amides is 1. The van der Waals surface area contributed by atoms with Crippen molar-refractivity contribution in [2.75, 3.05) is 19.6 Å². The highest BCUT2D eigenvalue weighted by atomic mass is 19.4. The van der Waals surface area contributed by atoms with Crippen molar-refractivity contribution in [2.24, 2.45) is 24.3 Å². The summed E-state index contributed by atoms with van der Waals surface area (Å²) in [5, 5.41) is 13.3. The lowest BCUT2D eigenvalue weighted by Gasteiger charge is -2.28. The summed E-state index contributed by atoms with van der Waals surface area (Å²) < 4.78 is 83.8. The Balaban J connectivity index is 1.31. The Bertz CT molecular complexity index is 1970. The first kappa shape index (κ1) is 33.5. The van der Waals surface area contributed by atoms with Gasteiger partial charge in [0.2, 0.25) is 5.91 Å². The topological polar surface area (TPSA) is 91.6 Å². The molecule has 0 spiro atoms. The molecule has 6 rings (SSSR count). The number of carboxylic acid groups (broad SMARTS) is 1. The number of aliphatic carboxylic acids is 1. The molecule has 7 nitrogen and oxygen atoms in total. The number of hydrogen-bond donors (Lipinski definition) is 2. The maximum Gasteiger partial charge on any atom is 0.417 e. The molecule has 1 unspecified atom stereocenters. The molecule has 1 aliphatic carbocycles. The van der Waals surface area contributed by atoms with Crippen molar-refractivity contribution in [3.8, 4) is 11.1 Å². The Morgan fingerprint density at radius 1 is 0.917 bits per heavy atom. The van der Waals surface area contributed by atoms with Gasteiger partial charge in [0.1, 0.15) is 6.04 Å². The maximum atomic E-state index is 14.7. The van der Waals surface area contributed by atoms with Crippen LogP contribution in [0.1, 0.15) is 30.9 Å². The van der Waals surface area contributed by atoms with Crippen LogP contribution in [0.4, 0.5) is 26.3 Å². The van der Waals surface area contributed by atoms with Crippen LogP contribution in [0.25, 0.3) is 32.8 Å². The third-order valence-electron chi connectivity index (χ3n) is 9.92. The van der Waals surface area contributed by atoms with Crippen LogP contribution in [-0.2, 0) is 29.2 Å². The fourth-order valence-corrected chi connectivity index (χ4v) is 7.87. The van der Waals surface area contributed by atoms with Gasteiger partial charge < -0.3 is 15.0 Å². The fourth-order valence-electron chi connectivity index (χ4n) is 7.87. The monoisotopic (exact) mass is 673 g/mol. The summed E-state index contributed by atoms with van der Waals surface area (Å²) in [6, 6.07) is 13.7. The Hall–Kier alpha value is -4.39. The van der Waals surface area contributed by atoms with Crippen LogP contribution in [0.3, 0.4) is 0 Å². The summed E-state index contributed by atoms with van der Waals surface area (Å²) in [5.41, 5.74) is -2.81. The number of nitrogens with zero attached hydrogens (tertiary/aromatic N) is 2. The normalized spacial score (nSPS) is 22.2. The zero-order valence-electron chi connectivity index (χ0n) is 26.1. The molecule has 1 amide bonds. The predicted octanol–water partition coefficient (Wildman–Crippen LogP) is 6.40. The van der Waals surface area contributed by atoms with Crippen LogP contribution < -0.4 is 10.9 Å². The van der Waals surface area contributed by atoms with Gasteiger partial charge in [0.25, 0.3) is 5.56 Å². The van der Waals surface area contributed by atoms with Gasteiger partial charge in [-0.25, -0.2) is 4.79 Å². The number of alkyl halides is 6. The molecule has 1 saturated heterocycles. The number of benzene rings is 3. The van der Waals surface area contributed by atoms with E-state index in [2.05, 4.69) is 5.32 Å². The van der Waals surface area contributed by atoms with E-state index in [1.165, 1.54) is 46.8 Å². The number of likely N-dealkylation sites (tertiary alicyclic amines) is 1. The minimum absolute atomic E-state index is 0.0357. The zero-order chi connectivity index (χ0) is 34.8. The number of para-hydroxylation sites is 1. The number of carbonyl (C=O) groups is 2. The van der Waals surface area contributed by atoms with E-state index in [9.17, 15) is 45.8 Å². The van der Waals surface area contributed by atoms with Crippen molar-refractivity contribution < 1.29 is 41.0 Å². The number of carboxylic acids is 1. The average Bonchev–Trinajstić information content (AvgIpc) is 3.51. The standard InChI is InChI=1S/C35H33F6N3O4/c1-33(14-20-16-44(17-21(20)15-33)18-34(36,37)38)32(48)42-26(31(46)47)13-19-7-5-10-23-22(19)9-6-11-24(23)28-29(35(39,40)41)25-8-3-4-12-27(25)43(2)30(28)45/h3-12,20-21,26H,13-18H2,1-2H3,(H,42,48)(H,46,47)/t20-,21+,26-,33?/m0/s1. The molecule has 0 bridgehead atoms. The summed E-state index contributed by atoms with van der Waals surface area (Å²) >= 11 is 0. The van der Waals surface area contributed by atoms with Crippen molar-refractivity contribution in [3.63, 3.8) is 0 Å². The molecule has 4 aromatic rings. The Morgan fingerprint density at radius 3 is 2.15 bits per heavy atom. The first-order chi connectivity index (χ1) is 22.5. The SMILES string of the molecule is Cn1c(=O)c(-c2cccc3c(C[C@H](NC(=O)C4(C)C[C@H]5CN(CC(F)(F)F)C[C@H]5C4)C(=O)O)cccc23)c(C(F)(F)F)c2ccccc21. The molecule has 0 radical (unpaired) electrons. The van der Waals surface area contributed by atoms with Crippen molar-refractivity contribution in [3.05, 3.63) is 82.1 Å². The van der Waals surface area contributed by atoms with Crippen LogP contribution in [0, 0.1) is 17.3 Å². The molecule has 2 N–H and O–H groups in total. The summed E-state index contributed by atoms with van der Waals surface area (Å²) in [4.78, 5) is 40.8. The quantitative estimate of drug-likeness (QED) is 0.222. The van der Waals surface area contributed by atoms with E-state index < -0.39 is 58.9 Å². The van der Waals surface area contributed by atoms with Gasteiger partial charge in [-0.1, -0.05) is 61.5 Å². The number of fused-ring (bicyclic) bond motifs is 3. The van der Waals surface area contributed by atoms with E-state index in [0.29, 0.717) is 29.2 Å². The predicted molar refractivity (Wildman–Crippen MR) is 167 cm³/mol.